The first kappa shape index (κ1) is 27.9. The molecule has 0 aliphatic carbocycles. The van der Waals surface area contributed by atoms with E-state index >= 15 is 0 Å². The molecule has 0 atom stereocenters. The van der Waals surface area contributed by atoms with E-state index in [1.54, 1.807) is 12.1 Å². The van der Waals surface area contributed by atoms with Gasteiger partial charge in [-0.25, -0.2) is 8.42 Å². The van der Waals surface area contributed by atoms with Gasteiger partial charge >= 0.3 is 59.1 Å². The molecule has 4 aromatic carbocycles. The fourth-order valence-corrected chi connectivity index (χ4v) is 4.35. The van der Waals surface area contributed by atoms with Gasteiger partial charge in [0.05, 0.1) is 16.3 Å². The van der Waals surface area contributed by atoms with Crippen molar-refractivity contribution >= 4 is 53.2 Å². The molecule has 0 radical (unpaired) electrons. The van der Waals surface area contributed by atoms with Gasteiger partial charge in [0.2, 0.25) is 0 Å². The normalized spacial score (nSPS) is 11.9. The maximum atomic E-state index is 12.7. The molecule has 0 aromatic heterocycles. The van der Waals surface area contributed by atoms with Crippen molar-refractivity contribution < 1.29 is 90.2 Å². The van der Waals surface area contributed by atoms with Gasteiger partial charge in [-0.15, -0.1) is 0 Å². The number of hydrogen-bond acceptors (Lipinski definition) is 8. The molecule has 13 heteroatoms. The summed E-state index contributed by atoms with van der Waals surface area (Å²) in [5.41, 5.74) is 0.0189. The van der Waals surface area contributed by atoms with Crippen molar-refractivity contribution in [2.24, 2.45) is 10.2 Å². The van der Waals surface area contributed by atoms with Crippen molar-refractivity contribution in [3.8, 4) is 5.75 Å². The number of nitrogens with zero attached hydrogens (tertiary/aromatic N) is 2. The van der Waals surface area contributed by atoms with E-state index in [4.69, 9.17) is 0 Å². The van der Waals surface area contributed by atoms with Crippen molar-refractivity contribution in [3.63, 3.8) is 0 Å². The number of rotatable bonds is 4. The van der Waals surface area contributed by atoms with Gasteiger partial charge in [-0.3, -0.25) is 4.55 Å². The molecule has 4 aromatic rings. The SMILES string of the molecule is O=S(=O)([O-])c1ccc2cc(N=Nc3cc(S(=O)(=O)O)c4ccccc4c3[O-])ccc2c1.[Na+].[Na+]. The van der Waals surface area contributed by atoms with E-state index in [0.29, 0.717) is 16.5 Å². The first-order valence-corrected chi connectivity index (χ1v) is 11.5. The van der Waals surface area contributed by atoms with Crippen LogP contribution in [0.25, 0.3) is 21.5 Å². The van der Waals surface area contributed by atoms with Gasteiger partial charge in [-0.1, -0.05) is 42.1 Å². The maximum Gasteiger partial charge on any atom is 1.00 e. The minimum absolute atomic E-state index is 0. The molecule has 0 bridgehead atoms. The Hall–Kier alpha value is -1.38. The summed E-state index contributed by atoms with van der Waals surface area (Å²) in [6.07, 6.45) is 0. The summed E-state index contributed by atoms with van der Waals surface area (Å²) in [6.45, 7) is 0. The quantitative estimate of drug-likeness (QED) is 0.186. The summed E-state index contributed by atoms with van der Waals surface area (Å²) < 4.78 is 66.4. The summed E-state index contributed by atoms with van der Waals surface area (Å²) in [7, 11) is -9.20. The zero-order chi connectivity index (χ0) is 22.4. The first-order chi connectivity index (χ1) is 14.5. The van der Waals surface area contributed by atoms with Crippen LogP contribution in [0.3, 0.4) is 0 Å². The van der Waals surface area contributed by atoms with Gasteiger partial charge in [0.1, 0.15) is 15.0 Å². The van der Waals surface area contributed by atoms with E-state index < -0.39 is 30.9 Å². The molecule has 1 N–H and O–H groups in total. The van der Waals surface area contributed by atoms with Crippen molar-refractivity contribution in [1.29, 1.82) is 0 Å². The Morgan fingerprint density at radius 2 is 1.36 bits per heavy atom. The van der Waals surface area contributed by atoms with Crippen LogP contribution in [-0.2, 0) is 20.2 Å². The molecule has 158 valence electrons. The van der Waals surface area contributed by atoms with Crippen molar-refractivity contribution in [2.75, 3.05) is 0 Å². The summed E-state index contributed by atoms with van der Waals surface area (Å²) >= 11 is 0. The maximum absolute atomic E-state index is 12.7. The zero-order valence-electron chi connectivity index (χ0n) is 17.5. The molecule has 0 aliphatic heterocycles. The minimum Gasteiger partial charge on any atom is -0.871 e. The van der Waals surface area contributed by atoms with E-state index in [9.17, 15) is 31.0 Å². The van der Waals surface area contributed by atoms with E-state index in [0.717, 1.165) is 6.07 Å². The van der Waals surface area contributed by atoms with E-state index in [1.807, 2.05) is 0 Å². The predicted octanol–water partition coefficient (Wildman–Crippen LogP) is -2.36. The third-order valence-corrected chi connectivity index (χ3v) is 6.30. The van der Waals surface area contributed by atoms with Crippen LogP contribution in [0.4, 0.5) is 11.4 Å². The molecule has 9 nitrogen and oxygen atoms in total. The summed E-state index contributed by atoms with van der Waals surface area (Å²) in [6, 6.07) is 15.3. The topological polar surface area (TPSA) is 159 Å². The van der Waals surface area contributed by atoms with Crippen molar-refractivity contribution in [2.45, 2.75) is 9.79 Å². The van der Waals surface area contributed by atoms with Gasteiger partial charge in [-0.2, -0.15) is 18.6 Å². The summed E-state index contributed by atoms with van der Waals surface area (Å²) in [4.78, 5) is -0.819. The van der Waals surface area contributed by atoms with E-state index in [2.05, 4.69) is 10.2 Å². The first-order valence-electron chi connectivity index (χ1n) is 8.66. The smallest absolute Gasteiger partial charge is 0.871 e. The number of benzene rings is 4. The number of fused-ring (bicyclic) bond motifs is 2. The number of azo groups is 1. The Balaban J connectivity index is 0.00000193. The van der Waals surface area contributed by atoms with Crippen LogP contribution in [0.1, 0.15) is 0 Å². The molecule has 0 aliphatic rings. The minimum atomic E-state index is -4.61. The Labute approximate surface area is 233 Å². The third-order valence-electron chi connectivity index (χ3n) is 4.57. The van der Waals surface area contributed by atoms with Gasteiger partial charge in [0, 0.05) is 5.39 Å². The Morgan fingerprint density at radius 1 is 0.758 bits per heavy atom. The molecule has 33 heavy (non-hydrogen) atoms. The fourth-order valence-electron chi connectivity index (χ4n) is 3.13. The molecule has 0 saturated heterocycles. The largest absolute Gasteiger partial charge is 1.00 e. The molecule has 0 heterocycles. The third kappa shape index (κ3) is 6.01. The van der Waals surface area contributed by atoms with Crippen LogP contribution in [0.15, 0.2) is 86.7 Å². The average molecular weight is 502 g/mol. The van der Waals surface area contributed by atoms with Crippen LogP contribution >= 0.6 is 0 Å². The second-order valence-corrected chi connectivity index (χ2v) is 9.36. The van der Waals surface area contributed by atoms with Crippen molar-refractivity contribution in [3.05, 3.63) is 66.7 Å². The number of hydrogen-bond donors (Lipinski definition) is 1. The second-order valence-electron chi connectivity index (χ2n) is 6.59. The Kier molecular flexibility index (Phi) is 8.85. The standard InChI is InChI=1S/C20H14N2O7S2.2Na/c23-20-17-4-2-1-3-16(17)19(31(27,28)29)11-18(20)22-21-14-7-5-13-10-15(30(24,25)26)8-6-12(13)9-14;;/h1-11,23H,(H,24,25,26)(H,27,28,29);;/q;2*+1/p-2. The van der Waals surface area contributed by atoms with Crippen LogP contribution in [0, 0.1) is 0 Å². The van der Waals surface area contributed by atoms with E-state index in [1.165, 1.54) is 48.5 Å². The van der Waals surface area contributed by atoms with Gasteiger partial charge < -0.3 is 9.66 Å². The summed E-state index contributed by atoms with van der Waals surface area (Å²) in [5.74, 6) is -0.558. The molecule has 0 unspecified atom stereocenters. The van der Waals surface area contributed by atoms with Crippen molar-refractivity contribution in [1.82, 2.24) is 0 Å². The van der Waals surface area contributed by atoms with Gasteiger partial charge in [0.15, 0.2) is 0 Å². The monoisotopic (exact) mass is 502 g/mol. The van der Waals surface area contributed by atoms with Crippen LogP contribution in [0.5, 0.6) is 5.75 Å². The van der Waals surface area contributed by atoms with Gasteiger partial charge in [0.25, 0.3) is 10.1 Å². The van der Waals surface area contributed by atoms with Crippen LogP contribution in [-0.4, -0.2) is 25.9 Å². The molecule has 4 rings (SSSR count). The molecule has 0 fully saturated rings. The molecule has 0 spiro atoms. The molecular weight excluding hydrogens is 490 g/mol. The van der Waals surface area contributed by atoms with E-state index in [-0.39, 0.29) is 80.5 Å². The Bertz CT molecular complexity index is 1610. The fraction of sp³-hybridized carbons (Fsp3) is 0. The summed E-state index contributed by atoms with van der Waals surface area (Å²) in [5, 5.41) is 21.7. The van der Waals surface area contributed by atoms with Crippen LogP contribution < -0.4 is 64.2 Å². The average Bonchev–Trinajstić information content (AvgIpc) is 2.71. The van der Waals surface area contributed by atoms with Crippen LogP contribution in [0.2, 0.25) is 0 Å². The molecule has 0 saturated carbocycles. The zero-order valence-corrected chi connectivity index (χ0v) is 23.1. The van der Waals surface area contributed by atoms with Gasteiger partial charge in [-0.05, 0) is 46.5 Å². The Morgan fingerprint density at radius 3 is 2.00 bits per heavy atom. The second kappa shape index (κ2) is 10.5. The predicted molar refractivity (Wildman–Crippen MR) is 109 cm³/mol. The molecule has 0 amide bonds. The molecular formula is C20H12N2Na2O7S2.